The summed E-state index contributed by atoms with van der Waals surface area (Å²) in [4.78, 5) is 12.1. The number of anilines is 2. The van der Waals surface area contributed by atoms with Gasteiger partial charge in [0.2, 0.25) is 5.91 Å². The first-order valence-electron chi connectivity index (χ1n) is 9.10. The topological polar surface area (TPSA) is 64.4 Å². The minimum Gasteiger partial charge on any atom is -0.494 e. The van der Waals surface area contributed by atoms with Crippen LogP contribution in [-0.4, -0.2) is 12.5 Å². The number of nitrogens with one attached hydrogen (secondary N) is 1. The van der Waals surface area contributed by atoms with Gasteiger partial charge in [0.25, 0.3) is 0 Å². The van der Waals surface area contributed by atoms with Crippen LogP contribution in [0.5, 0.6) is 5.75 Å². The number of rotatable bonds is 8. The molecule has 3 aromatic rings. The zero-order chi connectivity index (χ0) is 18.9. The van der Waals surface area contributed by atoms with Gasteiger partial charge >= 0.3 is 0 Å². The lowest BCUT2D eigenvalue weighted by molar-refractivity contribution is -0.115. The number of nitrogen functional groups attached to an aromatic ring is 1. The molecule has 0 aromatic heterocycles. The summed E-state index contributed by atoms with van der Waals surface area (Å²) in [5.74, 6) is 0.746. The molecule has 0 heterocycles. The summed E-state index contributed by atoms with van der Waals surface area (Å²) in [5, 5.41) is 2.90. The fraction of sp³-hybridized carbons (Fsp3) is 0.174. The van der Waals surface area contributed by atoms with Gasteiger partial charge in [0.15, 0.2) is 0 Å². The van der Waals surface area contributed by atoms with E-state index in [1.165, 1.54) is 5.56 Å². The minimum atomic E-state index is -0.0590. The monoisotopic (exact) mass is 360 g/mol. The molecule has 4 nitrogen and oxygen atoms in total. The van der Waals surface area contributed by atoms with Gasteiger partial charge < -0.3 is 15.8 Å². The van der Waals surface area contributed by atoms with E-state index in [9.17, 15) is 4.79 Å². The molecule has 3 aromatic carbocycles. The zero-order valence-electron chi connectivity index (χ0n) is 15.2. The smallest absolute Gasteiger partial charge is 0.228 e. The largest absolute Gasteiger partial charge is 0.494 e. The molecule has 1 amide bonds. The van der Waals surface area contributed by atoms with Crippen LogP contribution in [0, 0.1) is 0 Å². The highest BCUT2D eigenvalue weighted by Crippen LogP contribution is 2.17. The van der Waals surface area contributed by atoms with Gasteiger partial charge in [-0.3, -0.25) is 4.79 Å². The molecule has 0 saturated heterocycles. The lowest BCUT2D eigenvalue weighted by atomic mass is 10.1. The van der Waals surface area contributed by atoms with Crippen molar-refractivity contribution in [2.75, 3.05) is 17.7 Å². The van der Waals surface area contributed by atoms with E-state index in [1.807, 2.05) is 42.5 Å². The molecule has 0 radical (unpaired) electrons. The van der Waals surface area contributed by atoms with Crippen LogP contribution in [0.25, 0.3) is 0 Å². The second-order valence-electron chi connectivity index (χ2n) is 6.43. The van der Waals surface area contributed by atoms with E-state index >= 15 is 0 Å². The lowest BCUT2D eigenvalue weighted by Gasteiger charge is -2.09. The van der Waals surface area contributed by atoms with Crippen LogP contribution in [-0.2, 0) is 17.6 Å². The van der Waals surface area contributed by atoms with Crippen LogP contribution in [0.3, 0.4) is 0 Å². The van der Waals surface area contributed by atoms with Crippen molar-refractivity contribution in [1.82, 2.24) is 0 Å². The van der Waals surface area contributed by atoms with Crippen LogP contribution >= 0.6 is 0 Å². The van der Waals surface area contributed by atoms with E-state index in [0.29, 0.717) is 18.7 Å². The van der Waals surface area contributed by atoms with Crippen molar-refractivity contribution in [3.05, 3.63) is 90.0 Å². The average Bonchev–Trinajstić information content (AvgIpc) is 2.69. The van der Waals surface area contributed by atoms with Crippen LogP contribution in [0.2, 0.25) is 0 Å². The number of hydrogen-bond acceptors (Lipinski definition) is 3. The van der Waals surface area contributed by atoms with Crippen molar-refractivity contribution in [2.45, 2.75) is 19.3 Å². The highest BCUT2D eigenvalue weighted by atomic mass is 16.5. The van der Waals surface area contributed by atoms with E-state index in [1.54, 1.807) is 12.1 Å². The Morgan fingerprint density at radius 2 is 1.56 bits per heavy atom. The van der Waals surface area contributed by atoms with E-state index in [4.69, 9.17) is 10.5 Å². The summed E-state index contributed by atoms with van der Waals surface area (Å²) >= 11 is 0. The normalized spacial score (nSPS) is 10.4. The number of nitrogens with two attached hydrogens (primary N) is 1. The summed E-state index contributed by atoms with van der Waals surface area (Å²) in [6.07, 6.45) is 2.28. The number of carbonyl (C=O) groups is 1. The fourth-order valence-electron chi connectivity index (χ4n) is 2.77. The van der Waals surface area contributed by atoms with Gasteiger partial charge in [-0.15, -0.1) is 0 Å². The number of carbonyl (C=O) groups excluding carboxylic acids is 1. The van der Waals surface area contributed by atoms with Crippen molar-refractivity contribution >= 4 is 17.3 Å². The molecule has 0 aliphatic rings. The number of aryl methyl sites for hydroxylation is 1. The Labute approximate surface area is 160 Å². The molecule has 0 unspecified atom stereocenters. The average molecular weight is 360 g/mol. The van der Waals surface area contributed by atoms with E-state index in [-0.39, 0.29) is 5.91 Å². The predicted octanol–water partition coefficient (Wildman–Crippen LogP) is 4.46. The Hall–Kier alpha value is -3.27. The molecule has 27 heavy (non-hydrogen) atoms. The van der Waals surface area contributed by atoms with Gasteiger partial charge in [0, 0.05) is 11.4 Å². The molecule has 0 aliphatic heterocycles. The zero-order valence-corrected chi connectivity index (χ0v) is 15.2. The maximum Gasteiger partial charge on any atom is 0.228 e. The maximum atomic E-state index is 12.1. The summed E-state index contributed by atoms with van der Waals surface area (Å²) < 4.78 is 5.77. The van der Waals surface area contributed by atoms with Crippen LogP contribution in [0.1, 0.15) is 17.5 Å². The van der Waals surface area contributed by atoms with Crippen molar-refractivity contribution in [3.8, 4) is 5.75 Å². The van der Waals surface area contributed by atoms with E-state index < -0.39 is 0 Å². The molecule has 0 saturated carbocycles. The van der Waals surface area contributed by atoms with Crippen molar-refractivity contribution in [1.29, 1.82) is 0 Å². The second-order valence-corrected chi connectivity index (χ2v) is 6.43. The number of benzene rings is 3. The Morgan fingerprint density at radius 1 is 0.852 bits per heavy atom. The Kier molecular flexibility index (Phi) is 6.47. The molecule has 0 spiro atoms. The highest BCUT2D eigenvalue weighted by molar-refractivity contribution is 5.92. The highest BCUT2D eigenvalue weighted by Gasteiger charge is 2.04. The summed E-state index contributed by atoms with van der Waals surface area (Å²) in [5.41, 5.74) is 9.36. The quantitative estimate of drug-likeness (QED) is 0.460. The first kappa shape index (κ1) is 18.5. The minimum absolute atomic E-state index is 0.0590. The van der Waals surface area contributed by atoms with Gasteiger partial charge in [-0.2, -0.15) is 0 Å². The van der Waals surface area contributed by atoms with Crippen LogP contribution in [0.15, 0.2) is 78.9 Å². The first-order chi connectivity index (χ1) is 13.2. The molecular formula is C23H24N2O2. The molecule has 138 valence electrons. The SMILES string of the molecule is Nc1ccc(CC(=O)Nc2ccc(OCCCc3ccccc3)cc2)cc1. The van der Waals surface area contributed by atoms with Crippen LogP contribution in [0.4, 0.5) is 11.4 Å². The summed E-state index contributed by atoms with van der Waals surface area (Å²) in [6.45, 7) is 0.664. The number of hydrogen-bond donors (Lipinski definition) is 2. The third-order valence-corrected chi connectivity index (χ3v) is 4.20. The third-order valence-electron chi connectivity index (χ3n) is 4.20. The molecule has 3 rings (SSSR count). The Morgan fingerprint density at radius 3 is 2.26 bits per heavy atom. The molecule has 0 bridgehead atoms. The van der Waals surface area contributed by atoms with Crippen molar-refractivity contribution < 1.29 is 9.53 Å². The van der Waals surface area contributed by atoms with Crippen molar-refractivity contribution in [2.24, 2.45) is 0 Å². The molecule has 0 atom stereocenters. The van der Waals surface area contributed by atoms with Gasteiger partial charge in [0.1, 0.15) is 5.75 Å². The van der Waals surface area contributed by atoms with Gasteiger partial charge in [-0.05, 0) is 60.4 Å². The predicted molar refractivity (Wildman–Crippen MR) is 110 cm³/mol. The molecule has 3 N–H and O–H groups in total. The standard InChI is InChI=1S/C23H24N2O2/c24-20-10-8-19(9-11-20)17-23(26)25-21-12-14-22(15-13-21)27-16-4-7-18-5-2-1-3-6-18/h1-3,5-6,8-15H,4,7,16-17,24H2,(H,25,26). The lowest BCUT2D eigenvalue weighted by Crippen LogP contribution is -2.14. The fourth-order valence-corrected chi connectivity index (χ4v) is 2.77. The van der Waals surface area contributed by atoms with E-state index in [0.717, 1.165) is 29.8 Å². The first-order valence-corrected chi connectivity index (χ1v) is 9.10. The third kappa shape index (κ3) is 6.19. The Balaban J connectivity index is 1.41. The molecule has 0 aliphatic carbocycles. The molecule has 0 fully saturated rings. The Bertz CT molecular complexity index is 844. The summed E-state index contributed by atoms with van der Waals surface area (Å²) in [7, 11) is 0. The van der Waals surface area contributed by atoms with Gasteiger partial charge in [0.05, 0.1) is 13.0 Å². The molecule has 4 heteroatoms. The number of amides is 1. The number of ether oxygens (including phenoxy) is 1. The maximum absolute atomic E-state index is 12.1. The van der Waals surface area contributed by atoms with E-state index in [2.05, 4.69) is 29.6 Å². The molecular weight excluding hydrogens is 336 g/mol. The van der Waals surface area contributed by atoms with Gasteiger partial charge in [-0.1, -0.05) is 42.5 Å². The second kappa shape index (κ2) is 9.43. The van der Waals surface area contributed by atoms with Crippen molar-refractivity contribution in [3.63, 3.8) is 0 Å². The van der Waals surface area contributed by atoms with Crippen LogP contribution < -0.4 is 15.8 Å². The van der Waals surface area contributed by atoms with Gasteiger partial charge in [-0.25, -0.2) is 0 Å². The summed E-state index contributed by atoms with van der Waals surface area (Å²) in [6, 6.07) is 25.2.